The van der Waals surface area contributed by atoms with E-state index in [4.69, 9.17) is 9.47 Å². The number of aromatic nitrogens is 3. The molecule has 1 saturated heterocycles. The van der Waals surface area contributed by atoms with E-state index in [-0.39, 0.29) is 5.69 Å². The molecule has 0 radical (unpaired) electrons. The number of nitrogens with zero attached hydrogens (tertiary/aromatic N) is 4. The number of carbonyl (C=O) groups is 1. The number of hydrogen-bond donors (Lipinski definition) is 1. The number of benzene rings is 1. The molecular formula is C14H16N4O4. The van der Waals surface area contributed by atoms with Crippen LogP contribution in [0.4, 0.5) is 5.82 Å². The monoisotopic (exact) mass is 304 g/mol. The third kappa shape index (κ3) is 2.73. The van der Waals surface area contributed by atoms with E-state index in [2.05, 4.69) is 10.2 Å². The summed E-state index contributed by atoms with van der Waals surface area (Å²) < 4.78 is 10.4. The van der Waals surface area contributed by atoms with Gasteiger partial charge in [-0.05, 0) is 12.1 Å². The Morgan fingerprint density at radius 1 is 1.32 bits per heavy atom. The maximum atomic E-state index is 11.4. The van der Waals surface area contributed by atoms with Gasteiger partial charge in [-0.3, -0.25) is 0 Å². The first-order chi connectivity index (χ1) is 10.7. The molecule has 1 aromatic carbocycles. The molecule has 0 spiro atoms. The molecule has 116 valence electrons. The van der Waals surface area contributed by atoms with Gasteiger partial charge in [-0.2, -0.15) is 0 Å². The van der Waals surface area contributed by atoms with E-state index in [0.717, 1.165) is 0 Å². The zero-order valence-corrected chi connectivity index (χ0v) is 12.1. The van der Waals surface area contributed by atoms with Crippen LogP contribution in [0.5, 0.6) is 5.75 Å². The Balaban J connectivity index is 2.00. The van der Waals surface area contributed by atoms with E-state index < -0.39 is 5.97 Å². The molecule has 1 aliphatic rings. The smallest absolute Gasteiger partial charge is 0.360 e. The summed E-state index contributed by atoms with van der Waals surface area (Å²) >= 11 is 0. The maximum absolute atomic E-state index is 11.4. The van der Waals surface area contributed by atoms with Crippen molar-refractivity contribution < 1.29 is 19.4 Å². The Morgan fingerprint density at radius 2 is 2.09 bits per heavy atom. The zero-order chi connectivity index (χ0) is 15.5. The molecule has 0 bridgehead atoms. The number of morpholine rings is 1. The van der Waals surface area contributed by atoms with Gasteiger partial charge < -0.3 is 19.5 Å². The maximum Gasteiger partial charge on any atom is 0.360 e. The molecule has 3 rings (SSSR count). The Labute approximate surface area is 126 Å². The number of carboxylic acids is 1. The van der Waals surface area contributed by atoms with Gasteiger partial charge in [0.2, 0.25) is 5.69 Å². The second-order valence-corrected chi connectivity index (χ2v) is 4.77. The van der Waals surface area contributed by atoms with Crippen LogP contribution in [-0.2, 0) is 4.74 Å². The molecule has 8 nitrogen and oxygen atoms in total. The molecule has 1 N–H and O–H groups in total. The highest BCUT2D eigenvalue weighted by Gasteiger charge is 2.25. The number of carboxylic acid groups (broad SMARTS) is 1. The van der Waals surface area contributed by atoms with Gasteiger partial charge in [-0.25, -0.2) is 4.79 Å². The van der Waals surface area contributed by atoms with E-state index in [1.165, 1.54) is 4.80 Å². The van der Waals surface area contributed by atoms with E-state index in [1.54, 1.807) is 31.4 Å². The molecule has 0 aliphatic carbocycles. The summed E-state index contributed by atoms with van der Waals surface area (Å²) in [6, 6.07) is 7.13. The van der Waals surface area contributed by atoms with Crippen LogP contribution >= 0.6 is 0 Å². The minimum atomic E-state index is -1.10. The predicted octanol–water partition coefficient (Wildman–Crippen LogP) is 0.811. The first-order valence-corrected chi connectivity index (χ1v) is 6.87. The summed E-state index contributed by atoms with van der Waals surface area (Å²) in [5.41, 5.74) is 0.575. The van der Waals surface area contributed by atoms with Crippen molar-refractivity contribution in [3.63, 3.8) is 0 Å². The molecule has 0 amide bonds. The van der Waals surface area contributed by atoms with Gasteiger partial charge in [-0.1, -0.05) is 6.07 Å². The van der Waals surface area contributed by atoms with Crippen molar-refractivity contribution >= 4 is 11.8 Å². The van der Waals surface area contributed by atoms with Gasteiger partial charge >= 0.3 is 5.97 Å². The molecule has 8 heteroatoms. The van der Waals surface area contributed by atoms with Crippen LogP contribution in [0.1, 0.15) is 10.5 Å². The fourth-order valence-corrected chi connectivity index (χ4v) is 2.28. The Hall–Kier alpha value is -2.61. The molecule has 1 aliphatic heterocycles. The van der Waals surface area contributed by atoms with Crippen molar-refractivity contribution in [3.05, 3.63) is 30.0 Å². The number of hydrogen-bond acceptors (Lipinski definition) is 6. The Bertz CT molecular complexity index is 679. The molecule has 0 unspecified atom stereocenters. The van der Waals surface area contributed by atoms with Gasteiger partial charge in [0.25, 0.3) is 0 Å². The SMILES string of the molecule is COc1cccc(-n2nc(C(=O)O)c(N3CCOCC3)n2)c1. The molecule has 2 aromatic rings. The third-order valence-electron chi connectivity index (χ3n) is 3.39. The quantitative estimate of drug-likeness (QED) is 0.894. The molecule has 0 atom stereocenters. The Kier molecular flexibility index (Phi) is 3.92. The molecule has 2 heterocycles. The number of rotatable bonds is 4. The lowest BCUT2D eigenvalue weighted by Crippen LogP contribution is -2.37. The zero-order valence-electron chi connectivity index (χ0n) is 12.1. The standard InChI is InChI=1S/C14H16N4O4/c1-21-11-4-2-3-10(9-11)18-15-12(14(19)20)13(16-18)17-5-7-22-8-6-17/h2-4,9H,5-8H2,1H3,(H,19,20). The highest BCUT2D eigenvalue weighted by atomic mass is 16.5. The lowest BCUT2D eigenvalue weighted by molar-refractivity contribution is 0.0689. The number of ether oxygens (including phenoxy) is 2. The largest absolute Gasteiger partial charge is 0.497 e. The summed E-state index contributed by atoms with van der Waals surface area (Å²) in [7, 11) is 1.57. The fraction of sp³-hybridized carbons (Fsp3) is 0.357. The lowest BCUT2D eigenvalue weighted by Gasteiger charge is -2.26. The van der Waals surface area contributed by atoms with Crippen LogP contribution in [0.15, 0.2) is 24.3 Å². The highest BCUT2D eigenvalue weighted by Crippen LogP contribution is 2.21. The average Bonchev–Trinajstić information content (AvgIpc) is 3.01. The van der Waals surface area contributed by atoms with Gasteiger partial charge in [0.15, 0.2) is 5.82 Å². The van der Waals surface area contributed by atoms with Crippen molar-refractivity contribution in [2.75, 3.05) is 38.3 Å². The topological polar surface area (TPSA) is 89.7 Å². The summed E-state index contributed by atoms with van der Waals surface area (Å²) in [6.45, 7) is 2.28. The first-order valence-electron chi connectivity index (χ1n) is 6.87. The van der Waals surface area contributed by atoms with Crippen molar-refractivity contribution in [2.45, 2.75) is 0 Å². The summed E-state index contributed by atoms with van der Waals surface area (Å²) in [5.74, 6) is -0.0890. The minimum Gasteiger partial charge on any atom is -0.497 e. The van der Waals surface area contributed by atoms with E-state index >= 15 is 0 Å². The third-order valence-corrected chi connectivity index (χ3v) is 3.39. The van der Waals surface area contributed by atoms with Crippen molar-refractivity contribution in [2.24, 2.45) is 0 Å². The van der Waals surface area contributed by atoms with Crippen LogP contribution in [0.2, 0.25) is 0 Å². The molecular weight excluding hydrogens is 288 g/mol. The minimum absolute atomic E-state index is 0.0651. The van der Waals surface area contributed by atoms with E-state index in [9.17, 15) is 9.90 Å². The number of anilines is 1. The van der Waals surface area contributed by atoms with Crippen molar-refractivity contribution in [3.8, 4) is 11.4 Å². The number of methoxy groups -OCH3 is 1. The van der Waals surface area contributed by atoms with Gasteiger partial charge in [0.05, 0.1) is 26.0 Å². The fourth-order valence-electron chi connectivity index (χ4n) is 2.28. The first kappa shape index (κ1) is 14.3. The summed E-state index contributed by atoms with van der Waals surface area (Å²) in [6.07, 6.45) is 0. The average molecular weight is 304 g/mol. The van der Waals surface area contributed by atoms with Gasteiger partial charge in [0, 0.05) is 19.2 Å². The lowest BCUT2D eigenvalue weighted by atomic mass is 10.3. The highest BCUT2D eigenvalue weighted by molar-refractivity contribution is 5.91. The van der Waals surface area contributed by atoms with Crippen LogP contribution in [0, 0.1) is 0 Å². The van der Waals surface area contributed by atoms with E-state index in [1.807, 2.05) is 4.90 Å². The number of aromatic carboxylic acids is 1. The van der Waals surface area contributed by atoms with Gasteiger partial charge in [-0.15, -0.1) is 15.0 Å². The van der Waals surface area contributed by atoms with Crippen LogP contribution in [-0.4, -0.2) is 59.5 Å². The molecule has 1 fully saturated rings. The molecule has 1 aromatic heterocycles. The second-order valence-electron chi connectivity index (χ2n) is 4.77. The summed E-state index contributed by atoms with van der Waals surface area (Å²) in [5, 5.41) is 17.8. The molecule has 0 saturated carbocycles. The van der Waals surface area contributed by atoms with Crippen molar-refractivity contribution in [1.82, 2.24) is 15.0 Å². The summed E-state index contributed by atoms with van der Waals surface area (Å²) in [4.78, 5) is 14.6. The van der Waals surface area contributed by atoms with Crippen LogP contribution in [0.25, 0.3) is 5.69 Å². The van der Waals surface area contributed by atoms with Crippen LogP contribution in [0.3, 0.4) is 0 Å². The van der Waals surface area contributed by atoms with Gasteiger partial charge in [0.1, 0.15) is 5.75 Å². The van der Waals surface area contributed by atoms with Crippen LogP contribution < -0.4 is 9.64 Å². The van der Waals surface area contributed by atoms with Crippen molar-refractivity contribution in [1.29, 1.82) is 0 Å². The normalized spacial score (nSPS) is 14.9. The Morgan fingerprint density at radius 3 is 2.77 bits per heavy atom. The molecule has 22 heavy (non-hydrogen) atoms. The predicted molar refractivity (Wildman–Crippen MR) is 77.9 cm³/mol. The second kappa shape index (κ2) is 6.02. The van der Waals surface area contributed by atoms with E-state index in [0.29, 0.717) is 43.6 Å².